The number of carbonyl (C=O) groups is 1. The van der Waals surface area contributed by atoms with E-state index in [0.29, 0.717) is 17.5 Å². The van der Waals surface area contributed by atoms with Crippen molar-refractivity contribution < 1.29 is 9.72 Å². The highest BCUT2D eigenvalue weighted by Crippen LogP contribution is 2.21. The minimum absolute atomic E-state index is 0.108. The second-order valence-electron chi connectivity index (χ2n) is 3.67. The third-order valence-electron chi connectivity index (χ3n) is 2.33. The van der Waals surface area contributed by atoms with E-state index in [1.165, 1.54) is 17.4 Å². The smallest absolute Gasteiger partial charge is 0.288 e. The zero-order chi connectivity index (χ0) is 14.5. The van der Waals surface area contributed by atoms with E-state index in [9.17, 15) is 14.9 Å². The summed E-state index contributed by atoms with van der Waals surface area (Å²) in [6.45, 7) is 2.38. The molecule has 2 heterocycles. The van der Waals surface area contributed by atoms with Crippen LogP contribution in [-0.2, 0) is 0 Å². The Bertz CT molecular complexity index is 629. The van der Waals surface area contributed by atoms with Crippen molar-refractivity contribution in [1.29, 1.82) is 0 Å². The number of rotatable bonds is 5. The Balaban J connectivity index is 2.33. The average molecular weight is 293 g/mol. The first-order valence-electron chi connectivity index (χ1n) is 5.71. The molecule has 2 rings (SSSR count). The molecule has 8 nitrogen and oxygen atoms in total. The third-order valence-corrected chi connectivity index (χ3v) is 3.01. The van der Waals surface area contributed by atoms with E-state index in [1.54, 1.807) is 11.6 Å². The van der Waals surface area contributed by atoms with Gasteiger partial charge in [-0.1, -0.05) is 0 Å². The molecule has 0 fully saturated rings. The Morgan fingerprint density at radius 2 is 2.30 bits per heavy atom. The van der Waals surface area contributed by atoms with Crippen LogP contribution in [0.25, 0.3) is 0 Å². The Labute approximate surface area is 118 Å². The molecule has 0 saturated carbocycles. The Morgan fingerprint density at radius 3 is 2.90 bits per heavy atom. The van der Waals surface area contributed by atoms with Crippen molar-refractivity contribution in [3.8, 4) is 0 Å². The number of aromatic nitrogens is 2. The van der Waals surface area contributed by atoms with E-state index in [0.717, 1.165) is 6.20 Å². The Morgan fingerprint density at radius 1 is 1.50 bits per heavy atom. The molecule has 0 aliphatic carbocycles. The SMILES string of the molecule is CCNc1ncc([N+](=O)[O-])cc1C(=O)Nc1nccs1. The van der Waals surface area contributed by atoms with Gasteiger partial charge in [0.15, 0.2) is 5.13 Å². The second-order valence-corrected chi connectivity index (χ2v) is 4.56. The molecule has 0 aromatic carbocycles. The predicted octanol–water partition coefficient (Wildman–Crippen LogP) is 2.13. The molecule has 20 heavy (non-hydrogen) atoms. The minimum atomic E-state index is -0.594. The Hall–Kier alpha value is -2.55. The standard InChI is InChI=1S/C11H11N5O3S/c1-2-12-9-8(5-7(6-14-9)16(18)19)10(17)15-11-13-3-4-20-11/h3-6H,2H2,1H3,(H,12,14)(H,13,15,17). The van der Waals surface area contributed by atoms with Crippen molar-refractivity contribution in [2.24, 2.45) is 0 Å². The van der Waals surface area contributed by atoms with Crippen LogP contribution >= 0.6 is 11.3 Å². The van der Waals surface area contributed by atoms with Crippen molar-refractivity contribution in [3.05, 3.63) is 39.5 Å². The van der Waals surface area contributed by atoms with E-state index in [-0.39, 0.29) is 11.3 Å². The molecule has 0 aliphatic rings. The van der Waals surface area contributed by atoms with Crippen molar-refractivity contribution in [2.75, 3.05) is 17.2 Å². The molecule has 2 aromatic heterocycles. The second kappa shape index (κ2) is 6.06. The summed E-state index contributed by atoms with van der Waals surface area (Å²) < 4.78 is 0. The van der Waals surface area contributed by atoms with Gasteiger partial charge in [-0.15, -0.1) is 11.3 Å². The van der Waals surface area contributed by atoms with E-state index in [1.807, 2.05) is 6.92 Å². The third kappa shape index (κ3) is 3.06. The van der Waals surface area contributed by atoms with Crippen LogP contribution in [-0.4, -0.2) is 27.3 Å². The van der Waals surface area contributed by atoms with Gasteiger partial charge in [-0.2, -0.15) is 0 Å². The topological polar surface area (TPSA) is 110 Å². The number of carbonyl (C=O) groups excluding carboxylic acids is 1. The van der Waals surface area contributed by atoms with Gasteiger partial charge < -0.3 is 5.32 Å². The van der Waals surface area contributed by atoms with Gasteiger partial charge in [-0.05, 0) is 6.92 Å². The monoisotopic (exact) mass is 293 g/mol. The summed E-state index contributed by atoms with van der Waals surface area (Å²) in [5.74, 6) is -0.195. The lowest BCUT2D eigenvalue weighted by molar-refractivity contribution is -0.385. The first-order chi connectivity index (χ1) is 9.61. The van der Waals surface area contributed by atoms with Crippen LogP contribution in [0.3, 0.4) is 0 Å². The van der Waals surface area contributed by atoms with Crippen LogP contribution in [0.1, 0.15) is 17.3 Å². The molecule has 0 unspecified atom stereocenters. The van der Waals surface area contributed by atoms with Gasteiger partial charge in [-0.25, -0.2) is 9.97 Å². The zero-order valence-electron chi connectivity index (χ0n) is 10.5. The Kier molecular flexibility index (Phi) is 4.20. The molecule has 2 aromatic rings. The van der Waals surface area contributed by atoms with Gasteiger partial charge in [0, 0.05) is 24.2 Å². The lowest BCUT2D eigenvalue weighted by Crippen LogP contribution is -2.16. The van der Waals surface area contributed by atoms with Crippen LogP contribution in [0.2, 0.25) is 0 Å². The fourth-order valence-corrected chi connectivity index (χ4v) is 2.01. The molecule has 0 aliphatic heterocycles. The number of nitro groups is 1. The van der Waals surface area contributed by atoms with Crippen LogP contribution < -0.4 is 10.6 Å². The van der Waals surface area contributed by atoms with Gasteiger partial charge in [-0.3, -0.25) is 20.2 Å². The van der Waals surface area contributed by atoms with Crippen molar-refractivity contribution in [2.45, 2.75) is 6.92 Å². The number of thiazole rings is 1. The molecule has 2 N–H and O–H groups in total. The summed E-state index contributed by atoms with van der Waals surface area (Å²) in [4.78, 5) is 30.1. The molecule has 0 spiro atoms. The normalized spacial score (nSPS) is 10.1. The highest BCUT2D eigenvalue weighted by atomic mass is 32.1. The van der Waals surface area contributed by atoms with E-state index < -0.39 is 10.8 Å². The van der Waals surface area contributed by atoms with E-state index >= 15 is 0 Å². The zero-order valence-corrected chi connectivity index (χ0v) is 11.3. The molecule has 1 amide bonds. The van der Waals surface area contributed by atoms with Crippen molar-refractivity contribution in [3.63, 3.8) is 0 Å². The lowest BCUT2D eigenvalue weighted by Gasteiger charge is -2.08. The van der Waals surface area contributed by atoms with E-state index in [4.69, 9.17) is 0 Å². The maximum atomic E-state index is 12.1. The first kappa shape index (κ1) is 13.9. The molecular weight excluding hydrogens is 282 g/mol. The number of pyridine rings is 1. The molecule has 9 heteroatoms. The van der Waals surface area contributed by atoms with Gasteiger partial charge in [0.25, 0.3) is 11.6 Å². The predicted molar refractivity (Wildman–Crippen MR) is 75.1 cm³/mol. The van der Waals surface area contributed by atoms with Crippen LogP contribution in [0.5, 0.6) is 0 Å². The van der Waals surface area contributed by atoms with Gasteiger partial charge in [0.1, 0.15) is 12.0 Å². The number of nitrogens with one attached hydrogen (secondary N) is 2. The summed E-state index contributed by atoms with van der Waals surface area (Å²) in [7, 11) is 0. The number of hydrogen-bond acceptors (Lipinski definition) is 7. The molecule has 0 bridgehead atoms. The molecular formula is C11H11N5O3S. The van der Waals surface area contributed by atoms with Gasteiger partial charge >= 0.3 is 0 Å². The largest absolute Gasteiger partial charge is 0.370 e. The molecule has 0 atom stereocenters. The van der Waals surface area contributed by atoms with Crippen LogP contribution in [0, 0.1) is 10.1 Å². The summed E-state index contributed by atoms with van der Waals surface area (Å²) in [5, 5.41) is 18.4. The van der Waals surface area contributed by atoms with Gasteiger partial charge in [0.2, 0.25) is 0 Å². The maximum Gasteiger partial charge on any atom is 0.288 e. The molecule has 0 saturated heterocycles. The highest BCUT2D eigenvalue weighted by Gasteiger charge is 2.18. The van der Waals surface area contributed by atoms with E-state index in [2.05, 4.69) is 20.6 Å². The summed E-state index contributed by atoms with van der Waals surface area (Å²) in [6.07, 6.45) is 2.66. The number of nitrogens with zero attached hydrogens (tertiary/aromatic N) is 3. The van der Waals surface area contributed by atoms with Crippen molar-refractivity contribution >= 4 is 33.9 Å². The summed E-state index contributed by atoms with van der Waals surface area (Å²) >= 11 is 1.26. The summed E-state index contributed by atoms with van der Waals surface area (Å²) in [5.41, 5.74) is -0.132. The fraction of sp³-hybridized carbons (Fsp3) is 0.182. The lowest BCUT2D eigenvalue weighted by atomic mass is 10.2. The van der Waals surface area contributed by atoms with Crippen LogP contribution in [0.15, 0.2) is 23.8 Å². The first-order valence-corrected chi connectivity index (χ1v) is 6.59. The van der Waals surface area contributed by atoms with Crippen LogP contribution in [0.4, 0.5) is 16.6 Å². The minimum Gasteiger partial charge on any atom is -0.370 e. The van der Waals surface area contributed by atoms with Crippen molar-refractivity contribution in [1.82, 2.24) is 9.97 Å². The molecule has 0 radical (unpaired) electrons. The highest BCUT2D eigenvalue weighted by molar-refractivity contribution is 7.13. The van der Waals surface area contributed by atoms with Gasteiger partial charge in [0.05, 0.1) is 10.5 Å². The fourth-order valence-electron chi connectivity index (χ4n) is 1.48. The quantitative estimate of drug-likeness (QED) is 0.645. The molecule has 104 valence electrons. The maximum absolute atomic E-state index is 12.1. The summed E-state index contributed by atoms with van der Waals surface area (Å²) in [6, 6.07) is 1.19. The number of anilines is 2. The average Bonchev–Trinajstić information content (AvgIpc) is 2.92. The number of amides is 1. The number of hydrogen-bond donors (Lipinski definition) is 2.